The van der Waals surface area contributed by atoms with Crippen molar-refractivity contribution in [3.05, 3.63) is 106 Å². The van der Waals surface area contributed by atoms with Crippen LogP contribution in [0.15, 0.2) is 66.7 Å². The van der Waals surface area contributed by atoms with Gasteiger partial charge in [0, 0.05) is 17.4 Å². The van der Waals surface area contributed by atoms with Gasteiger partial charge in [0.15, 0.2) is 22.4 Å². The number of anilines is 1. The van der Waals surface area contributed by atoms with E-state index in [1.165, 1.54) is 19.1 Å². The van der Waals surface area contributed by atoms with Crippen molar-refractivity contribution >= 4 is 16.5 Å². The number of aromatic nitrogens is 1. The van der Waals surface area contributed by atoms with Crippen LogP contribution in [-0.2, 0) is 18.1 Å². The fourth-order valence-corrected chi connectivity index (χ4v) is 5.45. The van der Waals surface area contributed by atoms with Crippen molar-refractivity contribution in [3.63, 3.8) is 0 Å². The Labute approximate surface area is 250 Å². The molecule has 4 rings (SSSR count). The van der Waals surface area contributed by atoms with Crippen LogP contribution in [0.5, 0.6) is 11.5 Å². The van der Waals surface area contributed by atoms with Crippen molar-refractivity contribution in [3.8, 4) is 11.5 Å². The van der Waals surface area contributed by atoms with Gasteiger partial charge in [0.05, 0.1) is 11.6 Å². The molecule has 1 N–H and O–H groups in total. The average molecular weight is 649 g/mol. The van der Waals surface area contributed by atoms with Gasteiger partial charge >= 0.3 is 18.7 Å². The lowest BCUT2D eigenvalue weighted by molar-refractivity contribution is -0.253. The van der Waals surface area contributed by atoms with Crippen LogP contribution in [0.25, 0.3) is 0 Å². The lowest BCUT2D eigenvalue weighted by Crippen LogP contribution is -2.40. The van der Waals surface area contributed by atoms with Gasteiger partial charge < -0.3 is 14.8 Å². The van der Waals surface area contributed by atoms with Crippen molar-refractivity contribution in [1.82, 2.24) is 4.98 Å². The number of nitrogens with zero attached hydrogens (tertiary/aromatic N) is 1. The first-order chi connectivity index (χ1) is 20.5. The summed E-state index contributed by atoms with van der Waals surface area (Å²) in [7, 11) is 0. The molecule has 0 bridgehead atoms. The lowest BCUT2D eigenvalue weighted by atomic mass is 9.77. The first-order valence-electron chi connectivity index (χ1n) is 13.0. The predicted molar refractivity (Wildman–Crippen MR) is 147 cm³/mol. The van der Waals surface area contributed by atoms with E-state index >= 15 is 4.39 Å². The molecular formula is C30H25F9N2O2S. The molecule has 4 nitrogen and oxygen atoms in total. The van der Waals surface area contributed by atoms with Gasteiger partial charge in [-0.3, -0.25) is 0 Å². The first-order valence-corrected chi connectivity index (χ1v) is 13.8. The molecule has 236 valence electrons. The van der Waals surface area contributed by atoms with Gasteiger partial charge in [-0.1, -0.05) is 36.4 Å². The Bertz CT molecular complexity index is 1590. The molecule has 0 aliphatic rings. The van der Waals surface area contributed by atoms with Gasteiger partial charge in [-0.2, -0.15) is 30.7 Å². The summed E-state index contributed by atoms with van der Waals surface area (Å²) < 4.78 is 135. The highest BCUT2D eigenvalue weighted by Gasteiger charge is 2.45. The van der Waals surface area contributed by atoms with E-state index in [0.717, 1.165) is 18.2 Å². The zero-order valence-electron chi connectivity index (χ0n) is 23.3. The Hall–Kier alpha value is -3.94. The maximum atomic E-state index is 15.1. The minimum absolute atomic E-state index is 0.0944. The highest BCUT2D eigenvalue weighted by molar-refractivity contribution is 7.15. The molecule has 0 fully saturated rings. The van der Waals surface area contributed by atoms with Crippen molar-refractivity contribution in [2.45, 2.75) is 57.5 Å². The Morgan fingerprint density at radius 2 is 1.57 bits per heavy atom. The number of benzene rings is 3. The van der Waals surface area contributed by atoms with E-state index in [1.54, 1.807) is 44.2 Å². The SMILES string of the molecule is Cc1sc(N[C@](Cc2ccccc2)(c2cc(F)cc(OC(F)(F)C(F)F)c2)c2ccc(F)c(OC(C)C)c2)nc1C(F)(F)F. The third-order valence-electron chi connectivity index (χ3n) is 6.36. The summed E-state index contributed by atoms with van der Waals surface area (Å²) in [6, 6.07) is 14.0. The largest absolute Gasteiger partial charge is 0.488 e. The van der Waals surface area contributed by atoms with Gasteiger partial charge in [0.25, 0.3) is 0 Å². The summed E-state index contributed by atoms with van der Waals surface area (Å²) in [5.41, 5.74) is -2.69. The molecular weight excluding hydrogens is 623 g/mol. The number of aryl methyl sites for hydroxylation is 1. The number of alkyl halides is 7. The van der Waals surface area contributed by atoms with Crippen LogP contribution in [0.4, 0.5) is 44.6 Å². The Kier molecular flexibility index (Phi) is 9.43. The van der Waals surface area contributed by atoms with Crippen LogP contribution in [-0.4, -0.2) is 23.6 Å². The fraction of sp³-hybridized carbons (Fsp3) is 0.300. The number of ether oxygens (including phenoxy) is 2. The minimum Gasteiger partial charge on any atom is -0.488 e. The second-order valence-electron chi connectivity index (χ2n) is 10.1. The van der Waals surface area contributed by atoms with E-state index in [2.05, 4.69) is 15.0 Å². The molecule has 0 radical (unpaired) electrons. The smallest absolute Gasteiger partial charge is 0.461 e. The molecule has 1 heterocycles. The summed E-state index contributed by atoms with van der Waals surface area (Å²) in [5, 5.41) is 2.62. The Morgan fingerprint density at radius 3 is 2.16 bits per heavy atom. The van der Waals surface area contributed by atoms with Crippen molar-refractivity contribution in [2.24, 2.45) is 0 Å². The van der Waals surface area contributed by atoms with Crippen LogP contribution in [0.3, 0.4) is 0 Å². The Morgan fingerprint density at radius 1 is 0.886 bits per heavy atom. The van der Waals surface area contributed by atoms with Gasteiger partial charge in [-0.25, -0.2) is 13.8 Å². The molecule has 0 unspecified atom stereocenters. The average Bonchev–Trinajstić information content (AvgIpc) is 3.29. The molecule has 4 aromatic rings. The van der Waals surface area contributed by atoms with E-state index in [1.807, 2.05) is 0 Å². The third kappa shape index (κ3) is 7.40. The summed E-state index contributed by atoms with van der Waals surface area (Å²) in [5.74, 6) is -3.23. The summed E-state index contributed by atoms with van der Waals surface area (Å²) in [4.78, 5) is 3.50. The first kappa shape index (κ1) is 33.0. The van der Waals surface area contributed by atoms with Crippen molar-refractivity contribution in [2.75, 3.05) is 5.32 Å². The highest BCUT2D eigenvalue weighted by Crippen LogP contribution is 2.44. The molecule has 0 saturated carbocycles. The summed E-state index contributed by atoms with van der Waals surface area (Å²) in [6.07, 6.45) is -14.8. The van der Waals surface area contributed by atoms with Gasteiger partial charge in [-0.05, 0) is 61.7 Å². The predicted octanol–water partition coefficient (Wildman–Crippen LogP) is 9.37. The number of halogens is 9. The number of nitrogens with one attached hydrogen (secondary N) is 1. The zero-order valence-corrected chi connectivity index (χ0v) is 24.1. The van der Waals surface area contributed by atoms with E-state index < -0.39 is 53.4 Å². The normalized spacial score (nSPS) is 13.7. The van der Waals surface area contributed by atoms with Crippen LogP contribution >= 0.6 is 11.3 Å². The molecule has 14 heteroatoms. The number of hydrogen-bond donors (Lipinski definition) is 1. The van der Waals surface area contributed by atoms with E-state index in [4.69, 9.17) is 4.74 Å². The lowest BCUT2D eigenvalue weighted by Gasteiger charge is -2.37. The monoisotopic (exact) mass is 648 g/mol. The highest BCUT2D eigenvalue weighted by atomic mass is 32.1. The molecule has 0 saturated heterocycles. The second-order valence-corrected chi connectivity index (χ2v) is 11.3. The van der Waals surface area contributed by atoms with E-state index in [0.29, 0.717) is 23.0 Å². The molecule has 0 aliphatic heterocycles. The summed E-state index contributed by atoms with van der Waals surface area (Å²) >= 11 is 0.617. The van der Waals surface area contributed by atoms with Gasteiger partial charge in [-0.15, -0.1) is 11.3 Å². The molecule has 0 amide bonds. The van der Waals surface area contributed by atoms with Crippen LogP contribution in [0.1, 0.15) is 41.1 Å². The van der Waals surface area contributed by atoms with Crippen molar-refractivity contribution < 1.29 is 49.0 Å². The maximum Gasteiger partial charge on any atom is 0.461 e. The summed E-state index contributed by atoms with van der Waals surface area (Å²) in [6.45, 7) is 4.44. The van der Waals surface area contributed by atoms with Crippen LogP contribution in [0.2, 0.25) is 0 Å². The van der Waals surface area contributed by atoms with Gasteiger partial charge in [0.1, 0.15) is 11.6 Å². The quantitative estimate of drug-likeness (QED) is 0.165. The second kappa shape index (κ2) is 12.6. The zero-order chi connectivity index (χ0) is 32.4. The number of rotatable bonds is 11. The molecule has 0 spiro atoms. The topological polar surface area (TPSA) is 43.4 Å². The molecule has 0 aliphatic carbocycles. The Balaban J connectivity index is 2.03. The van der Waals surface area contributed by atoms with Crippen LogP contribution < -0.4 is 14.8 Å². The third-order valence-corrected chi connectivity index (χ3v) is 7.24. The van der Waals surface area contributed by atoms with Crippen molar-refractivity contribution in [1.29, 1.82) is 0 Å². The molecule has 44 heavy (non-hydrogen) atoms. The minimum atomic E-state index is -5.00. The van der Waals surface area contributed by atoms with Crippen LogP contribution in [0, 0.1) is 18.6 Å². The molecule has 3 aromatic carbocycles. The fourth-order valence-electron chi connectivity index (χ4n) is 4.54. The molecule has 1 aromatic heterocycles. The van der Waals surface area contributed by atoms with E-state index in [9.17, 15) is 35.1 Å². The number of thiazole rings is 1. The maximum absolute atomic E-state index is 15.1. The number of hydrogen-bond acceptors (Lipinski definition) is 5. The standard InChI is InChI=1S/C30H25F9N2O2S/c1-16(2)42-24-13-19(9-10-23(24)32)28(15-18-7-5-4-6-8-18,41-27-40-25(17(3)44-27)29(35,36)37)20-11-21(31)14-22(12-20)43-30(38,39)26(33)34/h4-14,16,26H,15H2,1-3H3,(H,40,41)/t28-/m0/s1. The molecule has 1 atom stereocenters. The van der Waals surface area contributed by atoms with E-state index in [-0.39, 0.29) is 33.3 Å². The van der Waals surface area contributed by atoms with Gasteiger partial charge in [0.2, 0.25) is 0 Å².